The van der Waals surface area contributed by atoms with E-state index in [1.54, 1.807) is 131 Å². The van der Waals surface area contributed by atoms with Gasteiger partial charge in [0, 0.05) is 30.4 Å². The molecule has 0 saturated carbocycles. The number of pyridine rings is 7. The third kappa shape index (κ3) is 30.2. The fourth-order valence-corrected chi connectivity index (χ4v) is 10.5. The minimum absolute atomic E-state index is 0. The first-order chi connectivity index (χ1) is 55.8. The Labute approximate surface area is 730 Å². The van der Waals surface area contributed by atoms with Gasteiger partial charge in [-0.15, -0.1) is 6.58 Å². The van der Waals surface area contributed by atoms with Gasteiger partial charge >= 0.3 is 88.9 Å². The maximum atomic E-state index is 11.4. The number of nitrogens with one attached hydrogen (secondary N) is 2. The monoisotopic (exact) mass is 1850 g/mol. The normalized spacial score (nSPS) is 16.0. The number of carbonyl (C=O) groups is 7. The zero-order chi connectivity index (χ0) is 93.9. The van der Waals surface area contributed by atoms with Crippen LogP contribution in [0, 0.1) is 5.31 Å². The number of hydrogen-bond donors (Lipinski definition) is 4. The number of allylic oxidation sites excluding steroid dienone is 2. The van der Waals surface area contributed by atoms with Crippen LogP contribution in [0.4, 0.5) is 19.0 Å². The van der Waals surface area contributed by atoms with Crippen molar-refractivity contribution in [3.63, 3.8) is 0 Å². The molecule has 0 unspecified atom stereocenters. The summed E-state index contributed by atoms with van der Waals surface area (Å²) in [6.07, 6.45) is 0.158. The Morgan fingerprint density at radius 3 is 1.32 bits per heavy atom. The van der Waals surface area contributed by atoms with Crippen LogP contribution in [0.3, 0.4) is 0 Å². The molecule has 6 aliphatic rings. The van der Waals surface area contributed by atoms with Gasteiger partial charge in [0.05, 0.1) is 110 Å². The standard InChI is InChI=1S/C11H13NO3.C10H11NO3.C9H17BO2.C9H8ClNO2.C9H10N2O2.C9H9NO3.C9H9NO2.C8H8ClNO3.CH4BN.CHF3O3S.CH4.Cl3OP/c1-7(2)10-8(11(13)15-4)5-6-9(12-10)14-3;1-10(2)8-6(9(12)14-10)4-5-7(11-8)13-3;1-7(2)10-11-8(3,4)9(5,6)12-10;2*1-9(2)7-5(8(12)13-9)3-4-6(10)11-7;1-9(2)7-5(8(12)13-9)3-4-6(11)10-7;1-9(2)7-6(8(11)12-9)4-3-5-10-7;1-12-6-4-3-5(7(9)10-6)8(11)13-2;1-2-3;2-1(3,4)8(5,6)7;;1-5(2,3)4/h5-6H,1H2,2-4H3;4-5H,1-3H3;1H2,2-6H3;3-4H,1-2H3;3-4H,1-2H3,(H2,10,11);3-4H,1-2H3,(H,10,11);3-5H,1-2H3;3-4H,1-2H3;3H,1H3;(H,5,6,7);1H4;/i;;;;;;5D;;;;;. The summed E-state index contributed by atoms with van der Waals surface area (Å²) in [5.74, 6) is -0.942. The molecule has 0 aromatic carbocycles. The number of aromatic nitrogens is 7. The molecule has 0 bridgehead atoms. The minimum Gasteiger partial charge on any atom is -0.481 e. The van der Waals surface area contributed by atoms with Gasteiger partial charge in [-0.05, 0) is 211 Å². The third-order valence-electron chi connectivity index (χ3n) is 16.5. The summed E-state index contributed by atoms with van der Waals surface area (Å²) in [7, 11) is 2.30. The van der Waals surface area contributed by atoms with Gasteiger partial charge in [-0.2, -0.15) is 21.6 Å². The smallest absolute Gasteiger partial charge is 0.481 e. The Hall–Kier alpha value is -9.95. The first-order valence-electron chi connectivity index (χ1n) is 35.4. The van der Waals surface area contributed by atoms with E-state index >= 15 is 0 Å². The first-order valence-corrected chi connectivity index (χ1v) is 41.5. The summed E-state index contributed by atoms with van der Waals surface area (Å²) < 4.78 is 135. The number of H-pyrrole nitrogens is 1. The molecule has 13 heterocycles. The van der Waals surface area contributed by atoms with Crippen molar-refractivity contribution in [3.05, 3.63) is 204 Å². The first kappa shape index (κ1) is 106. The molecule has 5 N–H and O–H groups in total. The van der Waals surface area contributed by atoms with Gasteiger partial charge in [-0.25, -0.2) is 58.5 Å². The van der Waals surface area contributed by atoms with E-state index in [0.717, 1.165) is 5.47 Å². The number of ether oxygens (including phenoxy) is 10. The predicted octanol–water partition coefficient (Wildman–Crippen LogP) is 16.9. The fourth-order valence-electron chi connectivity index (χ4n) is 10.1. The molecule has 122 heavy (non-hydrogen) atoms. The number of hydrogen-bond acceptors (Lipinski definition) is 31. The molecule has 6 aliphatic heterocycles. The second-order valence-corrected chi connectivity index (χ2v) is 37.4. The van der Waals surface area contributed by atoms with Crippen LogP contribution in [-0.2, 0) is 85.2 Å². The maximum absolute atomic E-state index is 11.4. The van der Waals surface area contributed by atoms with Crippen LogP contribution in [0.1, 0.15) is 226 Å². The summed E-state index contributed by atoms with van der Waals surface area (Å²) in [5.41, 5.74) is 4.13. The molecule has 45 heteroatoms. The second-order valence-electron chi connectivity index (χ2n) is 28.6. The molecule has 0 atom stereocenters. The summed E-state index contributed by atoms with van der Waals surface area (Å²) in [5, 5.41) is 3.32. The molecule has 0 spiro atoms. The van der Waals surface area contributed by atoms with Crippen molar-refractivity contribution in [2.24, 2.45) is 0 Å². The van der Waals surface area contributed by atoms with Crippen LogP contribution in [0.5, 0.6) is 17.6 Å². The number of halogens is 8. The van der Waals surface area contributed by atoms with E-state index in [-0.39, 0.29) is 78.0 Å². The van der Waals surface area contributed by atoms with Gasteiger partial charge < -0.3 is 67.4 Å². The van der Waals surface area contributed by atoms with E-state index in [2.05, 4.69) is 91.2 Å². The molecular formula is C77H94B2Cl5F3N9O24PS. The number of cyclic esters (lactones) is 5. The van der Waals surface area contributed by atoms with E-state index in [1.807, 2.05) is 48.5 Å². The van der Waals surface area contributed by atoms with Crippen molar-refractivity contribution in [2.45, 2.75) is 170 Å². The Morgan fingerprint density at radius 1 is 0.574 bits per heavy atom. The summed E-state index contributed by atoms with van der Waals surface area (Å²) >= 11 is 25.3. The van der Waals surface area contributed by atoms with Gasteiger partial charge in [-0.1, -0.05) is 42.7 Å². The van der Waals surface area contributed by atoms with Crippen LogP contribution in [-0.4, -0.2) is 156 Å². The molecule has 13 rings (SSSR count). The molecule has 0 amide bonds. The van der Waals surface area contributed by atoms with Crippen LogP contribution >= 0.6 is 62.1 Å². The van der Waals surface area contributed by atoms with E-state index in [9.17, 15) is 56.1 Å². The number of nitrogens with two attached hydrogens (primary N) is 1. The van der Waals surface area contributed by atoms with Crippen LogP contribution in [0.25, 0.3) is 5.57 Å². The number of aromatic amines is 1. The zero-order valence-electron chi connectivity index (χ0n) is 70.6. The van der Waals surface area contributed by atoms with Gasteiger partial charge in [0.1, 0.15) is 55.5 Å². The maximum Gasteiger partial charge on any atom is 0.522 e. The molecular weight excluding hydrogens is 1750 g/mol. The number of methoxy groups -OCH3 is 5. The van der Waals surface area contributed by atoms with Crippen molar-refractivity contribution in [3.8, 4) is 17.6 Å². The summed E-state index contributed by atoms with van der Waals surface area (Å²) in [4.78, 5) is 117. The molecule has 1 saturated heterocycles. The van der Waals surface area contributed by atoms with Crippen LogP contribution in [0.2, 0.25) is 17.1 Å². The van der Waals surface area contributed by atoms with Gasteiger partial charge in [0.15, 0.2) is 0 Å². The third-order valence-corrected chi connectivity index (χ3v) is 17.6. The molecule has 33 nitrogen and oxygen atoms in total. The number of anilines is 1. The van der Waals surface area contributed by atoms with Crippen molar-refractivity contribution < 1.29 is 122 Å². The summed E-state index contributed by atoms with van der Waals surface area (Å²) in [6, 6.07) is 22.0. The number of esters is 7. The number of rotatable bonds is 7. The van der Waals surface area contributed by atoms with Crippen molar-refractivity contribution in [2.75, 3.05) is 41.3 Å². The molecule has 0 radical (unpaired) electrons. The van der Waals surface area contributed by atoms with E-state index < -0.39 is 60.8 Å². The number of alkyl halides is 3. The van der Waals surface area contributed by atoms with Gasteiger partial charge in [-0.3, -0.25) is 18.9 Å². The molecule has 664 valence electrons. The summed E-state index contributed by atoms with van der Waals surface area (Å²) in [6.45, 7) is 38.9. The molecule has 0 aliphatic carbocycles. The zero-order valence-corrected chi connectivity index (χ0v) is 75.1. The fraction of sp³-hybridized carbons (Fsp3) is 0.403. The number of nitrogen functional groups attached to an aromatic ring is 1. The van der Waals surface area contributed by atoms with Crippen molar-refractivity contribution >= 4 is 140 Å². The molecule has 7 aromatic heterocycles. The number of nitrogens with zero attached hydrogens (tertiary/aromatic N) is 6. The van der Waals surface area contributed by atoms with Crippen LogP contribution in [0.15, 0.2) is 115 Å². The second kappa shape index (κ2) is 43.9. The molecule has 1 fully saturated rings. The quantitative estimate of drug-likeness (QED) is 0.0219. The topological polar surface area (TPSA) is 462 Å². The Kier molecular flexibility index (Phi) is 38.2. The Morgan fingerprint density at radius 2 is 0.918 bits per heavy atom. The largest absolute Gasteiger partial charge is 0.522 e. The van der Waals surface area contributed by atoms with Crippen LogP contribution < -0.4 is 25.5 Å². The average molecular weight is 1850 g/mol. The average Bonchev–Trinajstić information content (AvgIpc) is 1.65. The molecule has 7 aromatic rings. The SMILES string of the molecule is C.C=C(C)B1OC(C)(C)C(C)(C)O1.C=C(C)c1nc(OC)ccc1C(=O)OC.CB=N.CC1(C)OC(=O)c2ccc(=O)[nH]c21.CC1(C)OC(=O)c2ccc(Cl)nc21.CC1(C)OC(=O)c2ccc(N)nc21.COC(=O)c1ccc(OC)nc1Cl.COc1ccc2c(n1)C(C)(C)OC2=O.O=P(Cl)(Cl)Cl.O=S(=O)(O)C(F)(F)F.[2H]c1ccc2c(n1)C(C)(C)OC2=O. The Balaban J connectivity index is 0.000000464. The minimum atomic E-state index is -5.84. The number of fused-ring (bicyclic) bond motifs is 5. The van der Waals surface area contributed by atoms with Gasteiger partial charge in [0.25, 0.3) is 0 Å². The van der Waals surface area contributed by atoms with E-state index in [4.69, 9.17) is 95.8 Å². The van der Waals surface area contributed by atoms with E-state index in [0.29, 0.717) is 102 Å². The predicted molar refractivity (Wildman–Crippen MR) is 451 cm³/mol. The number of carbonyl (C=O) groups excluding carboxylic acids is 7. The van der Waals surface area contributed by atoms with Crippen molar-refractivity contribution in [1.29, 1.82) is 5.31 Å². The van der Waals surface area contributed by atoms with Crippen molar-refractivity contribution in [1.82, 2.24) is 34.9 Å². The van der Waals surface area contributed by atoms with Gasteiger partial charge in [0.2, 0.25) is 23.2 Å². The Bertz CT molecular complexity index is 5130. The van der Waals surface area contributed by atoms with E-state index in [1.165, 1.54) is 65.8 Å².